The Morgan fingerprint density at radius 3 is 2.33 bits per heavy atom. The molecule has 0 bridgehead atoms. The molecule has 2 fully saturated rings. The van der Waals surface area contributed by atoms with E-state index < -0.39 is 0 Å². The van der Waals surface area contributed by atoms with Gasteiger partial charge < -0.3 is 10.6 Å². The zero-order valence-corrected chi connectivity index (χ0v) is 12.1. The highest BCUT2D eigenvalue weighted by Gasteiger charge is 2.23. The van der Waals surface area contributed by atoms with Crippen LogP contribution in [0.25, 0.3) is 0 Å². The average molecular weight is 253 g/mol. The van der Waals surface area contributed by atoms with Crippen molar-refractivity contribution in [3.8, 4) is 0 Å². The lowest BCUT2D eigenvalue weighted by atomic mass is 9.90. The van der Waals surface area contributed by atoms with Crippen LogP contribution in [-0.2, 0) is 0 Å². The molecule has 2 N–H and O–H groups in total. The lowest BCUT2D eigenvalue weighted by molar-refractivity contribution is 0.126. The first kappa shape index (κ1) is 14.3. The normalized spacial score (nSPS) is 30.8. The third kappa shape index (κ3) is 4.22. The maximum atomic E-state index is 6.00. The molecule has 106 valence electrons. The van der Waals surface area contributed by atoms with Gasteiger partial charge in [0.25, 0.3) is 0 Å². The number of nitrogens with zero attached hydrogens (tertiary/aromatic N) is 2. The van der Waals surface area contributed by atoms with Crippen molar-refractivity contribution in [2.75, 3.05) is 32.7 Å². The molecule has 0 unspecified atom stereocenters. The van der Waals surface area contributed by atoms with Gasteiger partial charge in [0.05, 0.1) is 0 Å². The summed E-state index contributed by atoms with van der Waals surface area (Å²) in [7, 11) is 0. The molecule has 0 aromatic heterocycles. The van der Waals surface area contributed by atoms with Gasteiger partial charge in [0, 0.05) is 25.2 Å². The molecule has 1 aliphatic carbocycles. The fourth-order valence-electron chi connectivity index (χ4n) is 3.52. The predicted molar refractivity (Wildman–Crippen MR) is 77.8 cm³/mol. The first-order valence-corrected chi connectivity index (χ1v) is 8.01. The van der Waals surface area contributed by atoms with E-state index in [-0.39, 0.29) is 0 Å². The summed E-state index contributed by atoms with van der Waals surface area (Å²) >= 11 is 0. The Kier molecular flexibility index (Phi) is 5.93. The third-order valence-corrected chi connectivity index (χ3v) is 4.82. The second-order valence-corrected chi connectivity index (χ2v) is 6.10. The second kappa shape index (κ2) is 7.46. The van der Waals surface area contributed by atoms with Crippen molar-refractivity contribution in [1.29, 1.82) is 0 Å². The van der Waals surface area contributed by atoms with Crippen LogP contribution in [-0.4, -0.2) is 54.6 Å². The highest BCUT2D eigenvalue weighted by atomic mass is 15.2. The summed E-state index contributed by atoms with van der Waals surface area (Å²) in [6.45, 7) is 8.70. The van der Waals surface area contributed by atoms with Gasteiger partial charge in [0.1, 0.15) is 0 Å². The first-order chi connectivity index (χ1) is 8.79. The van der Waals surface area contributed by atoms with Crippen LogP contribution in [0.2, 0.25) is 0 Å². The maximum absolute atomic E-state index is 6.00. The molecule has 1 saturated heterocycles. The summed E-state index contributed by atoms with van der Waals surface area (Å²) < 4.78 is 0. The van der Waals surface area contributed by atoms with E-state index in [0.717, 1.165) is 6.04 Å². The molecule has 2 aliphatic rings. The van der Waals surface area contributed by atoms with Gasteiger partial charge in [-0.05, 0) is 58.2 Å². The molecule has 0 aromatic carbocycles. The van der Waals surface area contributed by atoms with Crippen LogP contribution in [0.5, 0.6) is 0 Å². The quantitative estimate of drug-likeness (QED) is 0.814. The standard InChI is InChI=1S/C15H31N3/c1-2-18(15-8-6-14(16)7-9-15)13-12-17-10-4-3-5-11-17/h14-15H,2-13,16H2,1H3. The number of rotatable bonds is 5. The van der Waals surface area contributed by atoms with Gasteiger partial charge in [-0.15, -0.1) is 0 Å². The van der Waals surface area contributed by atoms with E-state index in [2.05, 4.69) is 16.7 Å². The molecule has 0 amide bonds. The van der Waals surface area contributed by atoms with Crippen molar-refractivity contribution in [1.82, 2.24) is 9.80 Å². The molecule has 3 nitrogen and oxygen atoms in total. The summed E-state index contributed by atoms with van der Waals surface area (Å²) in [5.74, 6) is 0. The van der Waals surface area contributed by atoms with Crippen molar-refractivity contribution in [3.05, 3.63) is 0 Å². The number of hydrogen-bond acceptors (Lipinski definition) is 3. The molecule has 0 spiro atoms. The van der Waals surface area contributed by atoms with E-state index in [9.17, 15) is 0 Å². The summed E-state index contributed by atoms with van der Waals surface area (Å²) in [5, 5.41) is 0. The Morgan fingerprint density at radius 2 is 1.72 bits per heavy atom. The first-order valence-electron chi connectivity index (χ1n) is 8.01. The minimum absolute atomic E-state index is 0.474. The second-order valence-electron chi connectivity index (χ2n) is 6.10. The number of nitrogens with two attached hydrogens (primary N) is 1. The van der Waals surface area contributed by atoms with Gasteiger partial charge in [-0.1, -0.05) is 13.3 Å². The van der Waals surface area contributed by atoms with Crippen molar-refractivity contribution >= 4 is 0 Å². The Balaban J connectivity index is 1.71. The molecule has 0 atom stereocenters. The molecule has 1 heterocycles. The van der Waals surface area contributed by atoms with Gasteiger partial charge in [-0.25, -0.2) is 0 Å². The summed E-state index contributed by atoms with van der Waals surface area (Å²) in [4.78, 5) is 5.35. The van der Waals surface area contributed by atoms with Gasteiger partial charge in [-0.3, -0.25) is 4.90 Å². The van der Waals surface area contributed by atoms with Crippen molar-refractivity contribution in [2.24, 2.45) is 5.73 Å². The lowest BCUT2D eigenvalue weighted by Gasteiger charge is -2.37. The third-order valence-electron chi connectivity index (χ3n) is 4.82. The maximum Gasteiger partial charge on any atom is 0.0112 e. The summed E-state index contributed by atoms with van der Waals surface area (Å²) in [6.07, 6.45) is 9.34. The molecule has 2 rings (SSSR count). The van der Waals surface area contributed by atoms with Gasteiger partial charge in [0.15, 0.2) is 0 Å². The highest BCUT2D eigenvalue weighted by Crippen LogP contribution is 2.22. The molecule has 0 radical (unpaired) electrons. The van der Waals surface area contributed by atoms with Crippen LogP contribution in [0.15, 0.2) is 0 Å². The van der Waals surface area contributed by atoms with Crippen LogP contribution < -0.4 is 5.73 Å². The largest absolute Gasteiger partial charge is 0.328 e. The van der Waals surface area contributed by atoms with E-state index in [1.165, 1.54) is 77.7 Å². The van der Waals surface area contributed by atoms with Crippen LogP contribution >= 0.6 is 0 Å². The number of likely N-dealkylation sites (N-methyl/N-ethyl adjacent to an activating group) is 1. The van der Waals surface area contributed by atoms with E-state index in [0.29, 0.717) is 6.04 Å². The SMILES string of the molecule is CCN(CCN1CCCCC1)C1CCC(N)CC1. The van der Waals surface area contributed by atoms with E-state index in [1.54, 1.807) is 0 Å². The van der Waals surface area contributed by atoms with Gasteiger partial charge in [-0.2, -0.15) is 0 Å². The number of likely N-dealkylation sites (tertiary alicyclic amines) is 1. The Hall–Kier alpha value is -0.120. The monoisotopic (exact) mass is 253 g/mol. The molecular weight excluding hydrogens is 222 g/mol. The number of piperidine rings is 1. The van der Waals surface area contributed by atoms with Crippen LogP contribution in [0.1, 0.15) is 51.9 Å². The molecule has 18 heavy (non-hydrogen) atoms. The molecule has 0 aromatic rings. The average Bonchev–Trinajstić information content (AvgIpc) is 2.42. The van der Waals surface area contributed by atoms with Crippen LogP contribution in [0.3, 0.4) is 0 Å². The summed E-state index contributed by atoms with van der Waals surface area (Å²) in [5.41, 5.74) is 6.00. The topological polar surface area (TPSA) is 32.5 Å². The zero-order valence-electron chi connectivity index (χ0n) is 12.1. The molecule has 1 saturated carbocycles. The van der Waals surface area contributed by atoms with E-state index >= 15 is 0 Å². The van der Waals surface area contributed by atoms with Gasteiger partial charge in [0.2, 0.25) is 0 Å². The van der Waals surface area contributed by atoms with Crippen molar-refractivity contribution < 1.29 is 0 Å². The minimum Gasteiger partial charge on any atom is -0.328 e. The molecule has 1 aliphatic heterocycles. The molecule has 3 heteroatoms. The smallest absolute Gasteiger partial charge is 0.0112 e. The fraction of sp³-hybridized carbons (Fsp3) is 1.00. The van der Waals surface area contributed by atoms with E-state index in [1.807, 2.05) is 0 Å². The van der Waals surface area contributed by atoms with Crippen LogP contribution in [0, 0.1) is 0 Å². The molecular formula is C15H31N3. The lowest BCUT2D eigenvalue weighted by Crippen LogP contribution is -2.45. The van der Waals surface area contributed by atoms with Gasteiger partial charge >= 0.3 is 0 Å². The minimum atomic E-state index is 0.474. The van der Waals surface area contributed by atoms with Crippen molar-refractivity contribution in [2.45, 2.75) is 64.0 Å². The van der Waals surface area contributed by atoms with E-state index in [4.69, 9.17) is 5.73 Å². The Labute approximate surface area is 113 Å². The Morgan fingerprint density at radius 1 is 1.06 bits per heavy atom. The zero-order chi connectivity index (χ0) is 12.8. The van der Waals surface area contributed by atoms with Crippen molar-refractivity contribution in [3.63, 3.8) is 0 Å². The van der Waals surface area contributed by atoms with Crippen LogP contribution in [0.4, 0.5) is 0 Å². The summed E-state index contributed by atoms with van der Waals surface area (Å²) in [6, 6.07) is 1.28. The number of hydrogen-bond donors (Lipinski definition) is 1. The predicted octanol–water partition coefficient (Wildman–Crippen LogP) is 2.06. The Bertz CT molecular complexity index is 218. The fourth-order valence-corrected chi connectivity index (χ4v) is 3.52. The highest BCUT2D eigenvalue weighted by molar-refractivity contribution is 4.81.